The van der Waals surface area contributed by atoms with Gasteiger partial charge in [0.05, 0.1) is 40.0 Å². The monoisotopic (exact) mass is 528 g/mol. The zero-order valence-corrected chi connectivity index (χ0v) is 22.2. The van der Waals surface area contributed by atoms with Crippen LogP contribution < -0.4 is 5.32 Å². The topological polar surface area (TPSA) is 85.6 Å². The van der Waals surface area contributed by atoms with Gasteiger partial charge >= 0.3 is 0 Å². The second kappa shape index (κ2) is 9.32. The summed E-state index contributed by atoms with van der Waals surface area (Å²) >= 11 is 0. The molecule has 39 heavy (non-hydrogen) atoms. The molecule has 0 aliphatic heterocycles. The molecular weight excluding hydrogens is 498 g/mol. The van der Waals surface area contributed by atoms with E-state index in [0.717, 1.165) is 47.5 Å². The predicted octanol–water partition coefficient (Wildman–Crippen LogP) is 5.41. The van der Waals surface area contributed by atoms with Gasteiger partial charge in [0.15, 0.2) is 0 Å². The number of fused-ring (bicyclic) bond motifs is 5. The Labute approximate surface area is 225 Å². The third kappa shape index (κ3) is 3.85. The van der Waals surface area contributed by atoms with E-state index in [-0.39, 0.29) is 35.0 Å². The highest BCUT2D eigenvalue weighted by Gasteiger charge is 2.65. The molecule has 3 heterocycles. The molecule has 2 bridgehead atoms. The highest BCUT2D eigenvalue weighted by molar-refractivity contribution is 5.75. The minimum Gasteiger partial charge on any atom is -0.355 e. The Hall–Kier alpha value is -4.01. The van der Waals surface area contributed by atoms with Crippen LogP contribution in [0.5, 0.6) is 0 Å². The largest absolute Gasteiger partial charge is 0.355 e. The molecule has 3 aromatic heterocycles. The Morgan fingerprint density at radius 1 is 1.10 bits per heavy atom. The first-order chi connectivity index (χ1) is 18.8. The van der Waals surface area contributed by atoms with Gasteiger partial charge in [-0.05, 0) is 66.5 Å². The number of hydrogen-bond donors (Lipinski definition) is 1. The van der Waals surface area contributed by atoms with E-state index in [1.807, 2.05) is 37.4 Å². The van der Waals surface area contributed by atoms with Crippen LogP contribution in [0.4, 0.5) is 8.78 Å². The van der Waals surface area contributed by atoms with Crippen molar-refractivity contribution in [2.45, 2.75) is 57.9 Å². The van der Waals surface area contributed by atoms with Gasteiger partial charge in [0, 0.05) is 18.3 Å². The summed E-state index contributed by atoms with van der Waals surface area (Å²) in [5, 5.41) is 16.2. The number of nitrogens with zero attached hydrogens (tertiary/aromatic N) is 5. The molecule has 2 atom stereocenters. The molecule has 0 spiro atoms. The maximum Gasteiger partial charge on any atom is 0.241 e. The van der Waals surface area contributed by atoms with Gasteiger partial charge in [0.2, 0.25) is 5.91 Å². The van der Waals surface area contributed by atoms with Crippen molar-refractivity contribution in [1.29, 1.82) is 0 Å². The maximum absolute atomic E-state index is 14.6. The van der Waals surface area contributed by atoms with E-state index in [4.69, 9.17) is 4.98 Å². The fourth-order valence-corrected chi connectivity index (χ4v) is 6.64. The van der Waals surface area contributed by atoms with Crippen molar-refractivity contribution in [2.24, 2.45) is 5.41 Å². The highest BCUT2D eigenvalue weighted by Crippen LogP contribution is 2.69. The summed E-state index contributed by atoms with van der Waals surface area (Å²) in [5.74, 6) is -1.23. The third-order valence-electron chi connectivity index (χ3n) is 8.59. The van der Waals surface area contributed by atoms with E-state index in [2.05, 4.69) is 34.5 Å². The summed E-state index contributed by atoms with van der Waals surface area (Å²) in [5.41, 5.74) is 3.62. The van der Waals surface area contributed by atoms with Gasteiger partial charge in [-0.25, -0.2) is 8.78 Å². The number of hydrogen-bond acceptors (Lipinski definition) is 5. The standard InChI is InChI=1S/C30H30F2N6O/c1-4-13-33-26(39)17-38-16-18(15-34-38)23-9-6-10-25(35-23)30-12-11-20(29(30,2)3)19-14-24(36-37-28(19)30)27-21(31)7-5-8-22(27)32/h5-10,14-16,20H,4,11-13,17H2,1-3H3,(H,33,39)/t20-,30-/m0/s1. The Kier molecular flexibility index (Phi) is 6.04. The molecule has 1 saturated carbocycles. The molecule has 6 rings (SSSR count). The molecule has 1 aromatic carbocycles. The van der Waals surface area contributed by atoms with Crippen molar-refractivity contribution in [2.75, 3.05) is 6.54 Å². The summed E-state index contributed by atoms with van der Waals surface area (Å²) < 4.78 is 30.7. The first-order valence-corrected chi connectivity index (χ1v) is 13.4. The van der Waals surface area contributed by atoms with Crippen molar-refractivity contribution in [1.82, 2.24) is 30.3 Å². The minimum absolute atomic E-state index is 0.0818. The fourth-order valence-electron chi connectivity index (χ4n) is 6.64. The molecule has 2 aliphatic rings. The minimum atomic E-state index is -0.654. The second-order valence-electron chi connectivity index (χ2n) is 11.0. The van der Waals surface area contributed by atoms with Crippen molar-refractivity contribution in [3.05, 3.63) is 83.4 Å². The molecule has 0 saturated heterocycles. The van der Waals surface area contributed by atoms with E-state index in [0.29, 0.717) is 6.54 Å². The zero-order chi connectivity index (χ0) is 27.4. The van der Waals surface area contributed by atoms with E-state index in [1.165, 1.54) is 18.2 Å². The Balaban J connectivity index is 1.38. The molecule has 0 unspecified atom stereocenters. The molecule has 2 aliphatic carbocycles. The number of halogens is 2. The van der Waals surface area contributed by atoms with Crippen molar-refractivity contribution in [3.8, 4) is 22.5 Å². The number of benzene rings is 1. The van der Waals surface area contributed by atoms with E-state index in [1.54, 1.807) is 10.9 Å². The summed E-state index contributed by atoms with van der Waals surface area (Å²) in [6.07, 6.45) is 6.20. The smallest absolute Gasteiger partial charge is 0.241 e. The lowest BCUT2D eigenvalue weighted by Crippen LogP contribution is -2.37. The maximum atomic E-state index is 14.6. The van der Waals surface area contributed by atoms with Gasteiger partial charge in [0.1, 0.15) is 18.2 Å². The van der Waals surface area contributed by atoms with Crippen molar-refractivity contribution < 1.29 is 13.6 Å². The van der Waals surface area contributed by atoms with Crippen LogP contribution in [0.3, 0.4) is 0 Å². The van der Waals surface area contributed by atoms with E-state index in [9.17, 15) is 13.6 Å². The van der Waals surface area contributed by atoms with Gasteiger partial charge in [0.25, 0.3) is 0 Å². The molecule has 7 nitrogen and oxygen atoms in total. The molecular formula is C30H30F2N6O. The summed E-state index contributed by atoms with van der Waals surface area (Å²) in [6.45, 7) is 7.23. The van der Waals surface area contributed by atoms with Crippen LogP contribution in [0.15, 0.2) is 54.9 Å². The lowest BCUT2D eigenvalue weighted by molar-refractivity contribution is -0.121. The highest BCUT2D eigenvalue weighted by atomic mass is 19.1. The normalized spacial score (nSPS) is 20.7. The van der Waals surface area contributed by atoms with Crippen LogP contribution in [0.1, 0.15) is 62.9 Å². The van der Waals surface area contributed by atoms with Crippen LogP contribution in [0.25, 0.3) is 22.5 Å². The Morgan fingerprint density at radius 3 is 2.64 bits per heavy atom. The van der Waals surface area contributed by atoms with Gasteiger partial charge in [-0.3, -0.25) is 14.5 Å². The summed E-state index contributed by atoms with van der Waals surface area (Å²) in [7, 11) is 0. The first kappa shape index (κ1) is 25.3. The molecule has 0 radical (unpaired) electrons. The van der Waals surface area contributed by atoms with Gasteiger partial charge < -0.3 is 5.32 Å². The van der Waals surface area contributed by atoms with Crippen molar-refractivity contribution >= 4 is 5.91 Å². The van der Waals surface area contributed by atoms with Gasteiger partial charge in [-0.15, -0.1) is 5.10 Å². The van der Waals surface area contributed by atoms with Crippen LogP contribution in [0, 0.1) is 17.0 Å². The average Bonchev–Trinajstić information content (AvgIpc) is 3.55. The number of rotatable bonds is 7. The molecule has 9 heteroatoms. The van der Waals surface area contributed by atoms with Crippen molar-refractivity contribution in [3.63, 3.8) is 0 Å². The zero-order valence-electron chi connectivity index (χ0n) is 22.2. The Bertz CT molecular complexity index is 1560. The molecule has 4 aromatic rings. The van der Waals surface area contributed by atoms with Crippen LogP contribution in [-0.4, -0.2) is 37.4 Å². The number of pyridine rings is 1. The fraction of sp³-hybridized carbons (Fsp3) is 0.367. The van der Waals surface area contributed by atoms with Gasteiger partial charge in [-0.2, -0.15) is 10.2 Å². The number of carbonyl (C=O) groups excluding carboxylic acids is 1. The van der Waals surface area contributed by atoms with Gasteiger partial charge in [-0.1, -0.05) is 32.9 Å². The van der Waals surface area contributed by atoms with E-state index >= 15 is 0 Å². The number of aromatic nitrogens is 5. The number of nitrogens with one attached hydrogen (secondary N) is 1. The summed E-state index contributed by atoms with van der Waals surface area (Å²) in [6, 6.07) is 11.6. The number of amides is 1. The third-order valence-corrected chi connectivity index (χ3v) is 8.59. The molecule has 200 valence electrons. The SMILES string of the molecule is CCCNC(=O)Cn1cc(-c2cccc([C@@]34CC[C@@H](c5cc(-c6c(F)cccc6F)nnc53)C4(C)C)n2)cn1. The average molecular weight is 529 g/mol. The van der Waals surface area contributed by atoms with E-state index < -0.39 is 17.0 Å². The van der Waals surface area contributed by atoms with Crippen LogP contribution >= 0.6 is 0 Å². The predicted molar refractivity (Wildman–Crippen MR) is 143 cm³/mol. The number of carbonyl (C=O) groups is 1. The lowest BCUT2D eigenvalue weighted by atomic mass is 9.66. The second-order valence-corrected chi connectivity index (χ2v) is 11.0. The molecule has 1 N–H and O–H groups in total. The Morgan fingerprint density at radius 2 is 1.87 bits per heavy atom. The molecule has 1 fully saturated rings. The first-order valence-electron chi connectivity index (χ1n) is 13.4. The van der Waals surface area contributed by atoms with Crippen LogP contribution in [0.2, 0.25) is 0 Å². The summed E-state index contributed by atoms with van der Waals surface area (Å²) in [4.78, 5) is 17.2. The van der Waals surface area contributed by atoms with Crippen LogP contribution in [-0.2, 0) is 16.8 Å². The molecule has 1 amide bonds. The quantitative estimate of drug-likeness (QED) is 0.347. The lowest BCUT2D eigenvalue weighted by Gasteiger charge is -2.37.